The van der Waals surface area contributed by atoms with Gasteiger partial charge in [-0.15, -0.1) is 0 Å². The molecule has 0 saturated carbocycles. The van der Waals surface area contributed by atoms with Gasteiger partial charge in [0.15, 0.2) is 0 Å². The van der Waals surface area contributed by atoms with E-state index in [1.807, 2.05) is 0 Å². The van der Waals surface area contributed by atoms with Crippen molar-refractivity contribution in [1.82, 2.24) is 0 Å². The van der Waals surface area contributed by atoms with Crippen LogP contribution in [0.15, 0.2) is 72.8 Å². The minimum atomic E-state index is -4.36. The molecule has 0 bridgehead atoms. The van der Waals surface area contributed by atoms with Gasteiger partial charge in [-0.1, -0.05) is 60.7 Å². The second-order valence-corrected chi connectivity index (χ2v) is 5.34. The van der Waals surface area contributed by atoms with Gasteiger partial charge in [0.05, 0.1) is 11.1 Å². The van der Waals surface area contributed by atoms with Crippen LogP contribution in [0.2, 0.25) is 0 Å². The van der Waals surface area contributed by atoms with E-state index >= 15 is 0 Å². The molecule has 0 aliphatic heterocycles. The van der Waals surface area contributed by atoms with Crippen LogP contribution in [0.3, 0.4) is 0 Å². The lowest BCUT2D eigenvalue weighted by Gasteiger charge is -2.05. The Hall–Kier alpha value is -2.76. The predicted molar refractivity (Wildman–Crippen MR) is 90.1 cm³/mol. The lowest BCUT2D eigenvalue weighted by Crippen LogP contribution is -2.03. The summed E-state index contributed by atoms with van der Waals surface area (Å²) >= 11 is 0. The molecule has 0 saturated heterocycles. The second kappa shape index (κ2) is 8.08. The van der Waals surface area contributed by atoms with E-state index in [1.54, 1.807) is 36.5 Å². The van der Waals surface area contributed by atoms with Gasteiger partial charge in [0.25, 0.3) is 0 Å². The van der Waals surface area contributed by atoms with E-state index in [-0.39, 0.29) is 0 Å². The Kier molecular flexibility index (Phi) is 6.08. The Labute approximate surface area is 146 Å². The smallest absolute Gasteiger partial charge is 0.166 e. The fourth-order valence-electron chi connectivity index (χ4n) is 2.03. The van der Waals surface area contributed by atoms with Crippen LogP contribution >= 0.6 is 0 Å². The van der Waals surface area contributed by atoms with E-state index in [2.05, 4.69) is 0 Å². The third-order valence-corrected chi connectivity index (χ3v) is 3.39. The first kappa shape index (κ1) is 19.6. The molecule has 6 heteroatoms. The van der Waals surface area contributed by atoms with Gasteiger partial charge in [-0.2, -0.15) is 26.3 Å². The van der Waals surface area contributed by atoms with Crippen molar-refractivity contribution in [2.75, 3.05) is 0 Å². The van der Waals surface area contributed by atoms with Gasteiger partial charge in [0.2, 0.25) is 0 Å². The van der Waals surface area contributed by atoms with Crippen LogP contribution in [-0.2, 0) is 12.4 Å². The lowest BCUT2D eigenvalue weighted by molar-refractivity contribution is -0.138. The fourth-order valence-corrected chi connectivity index (χ4v) is 2.03. The third-order valence-electron chi connectivity index (χ3n) is 3.39. The van der Waals surface area contributed by atoms with Crippen LogP contribution in [0.4, 0.5) is 26.3 Å². The molecule has 0 aromatic heterocycles. The van der Waals surface area contributed by atoms with Crippen LogP contribution in [0.1, 0.15) is 22.3 Å². The molecule has 0 spiro atoms. The average molecular weight is 368 g/mol. The van der Waals surface area contributed by atoms with E-state index < -0.39 is 23.5 Å². The van der Waals surface area contributed by atoms with Crippen molar-refractivity contribution in [3.63, 3.8) is 0 Å². The number of rotatable bonds is 4. The highest BCUT2D eigenvalue weighted by atomic mass is 19.4. The molecule has 2 rings (SSSR count). The van der Waals surface area contributed by atoms with Crippen molar-refractivity contribution in [3.8, 4) is 0 Å². The molecule has 0 aliphatic carbocycles. The number of hydrogen-bond donors (Lipinski definition) is 0. The first-order valence-electron chi connectivity index (χ1n) is 7.52. The van der Waals surface area contributed by atoms with Crippen molar-refractivity contribution in [3.05, 3.63) is 95.1 Å². The van der Waals surface area contributed by atoms with Gasteiger partial charge in [-0.3, -0.25) is 0 Å². The van der Waals surface area contributed by atoms with Crippen LogP contribution < -0.4 is 0 Å². The van der Waals surface area contributed by atoms with Crippen molar-refractivity contribution in [2.24, 2.45) is 0 Å². The molecule has 0 aliphatic rings. The first-order valence-corrected chi connectivity index (χ1v) is 7.52. The number of allylic oxidation sites excluding steroid dienone is 4. The Morgan fingerprint density at radius 1 is 0.462 bits per heavy atom. The zero-order valence-corrected chi connectivity index (χ0v) is 13.4. The normalized spacial score (nSPS) is 13.3. The summed E-state index contributed by atoms with van der Waals surface area (Å²) in [6, 6.07) is 9.50. The van der Waals surface area contributed by atoms with Crippen LogP contribution in [0.25, 0.3) is 12.2 Å². The number of hydrogen-bond acceptors (Lipinski definition) is 0. The van der Waals surface area contributed by atoms with Crippen molar-refractivity contribution < 1.29 is 26.3 Å². The molecule has 0 fully saturated rings. The molecule has 0 unspecified atom stereocenters. The highest BCUT2D eigenvalue weighted by molar-refractivity contribution is 5.54. The summed E-state index contributed by atoms with van der Waals surface area (Å²) < 4.78 is 74.6. The number of benzene rings is 2. The third kappa shape index (κ3) is 5.95. The van der Waals surface area contributed by atoms with Crippen LogP contribution in [0.5, 0.6) is 0 Å². The van der Waals surface area contributed by atoms with Gasteiger partial charge < -0.3 is 0 Å². The van der Waals surface area contributed by atoms with Gasteiger partial charge in [-0.25, -0.2) is 0 Å². The zero-order chi connectivity index (χ0) is 19.2. The van der Waals surface area contributed by atoms with E-state index in [4.69, 9.17) is 0 Å². The number of halogens is 6. The standard InChI is InChI=1S/C20H14F6/c21-19(22,23)17-11-7-15(8-12-17)5-3-1-2-4-6-16-9-13-18(14-10-16)20(24,25)26/h1-14H/b2-1+,5-3+,6-4+. The fraction of sp³-hybridized carbons (Fsp3) is 0.100. The second-order valence-electron chi connectivity index (χ2n) is 5.34. The molecule has 2 aromatic carbocycles. The Morgan fingerprint density at radius 3 is 1.04 bits per heavy atom. The lowest BCUT2D eigenvalue weighted by atomic mass is 10.1. The van der Waals surface area contributed by atoms with Crippen molar-refractivity contribution in [2.45, 2.75) is 12.4 Å². The van der Waals surface area contributed by atoms with E-state index in [1.165, 1.54) is 24.3 Å². The quantitative estimate of drug-likeness (QED) is 0.402. The van der Waals surface area contributed by atoms with E-state index in [0.717, 1.165) is 24.3 Å². The summed E-state index contributed by atoms with van der Waals surface area (Å²) in [5.41, 5.74) is -0.168. The van der Waals surface area contributed by atoms with Gasteiger partial charge in [-0.05, 0) is 35.4 Å². The van der Waals surface area contributed by atoms with Crippen molar-refractivity contribution >= 4 is 12.2 Å². The summed E-state index contributed by atoms with van der Waals surface area (Å²) in [5, 5.41) is 0. The van der Waals surface area contributed by atoms with Crippen LogP contribution in [-0.4, -0.2) is 0 Å². The highest BCUT2D eigenvalue weighted by Gasteiger charge is 2.30. The topological polar surface area (TPSA) is 0 Å². The molecule has 136 valence electrons. The average Bonchev–Trinajstić information content (AvgIpc) is 2.57. The Bertz CT molecular complexity index is 719. The van der Waals surface area contributed by atoms with E-state index in [0.29, 0.717) is 11.1 Å². The van der Waals surface area contributed by atoms with Gasteiger partial charge in [0.1, 0.15) is 0 Å². The highest BCUT2D eigenvalue weighted by Crippen LogP contribution is 2.30. The predicted octanol–water partition coefficient (Wildman–Crippen LogP) is 7.01. The SMILES string of the molecule is FC(F)(F)c1ccc(/C=C/C=C/C=C/c2ccc(C(F)(F)F)cc2)cc1. The summed E-state index contributed by atoms with van der Waals surface area (Å²) in [4.78, 5) is 0. The summed E-state index contributed by atoms with van der Waals surface area (Å²) in [7, 11) is 0. The monoisotopic (exact) mass is 368 g/mol. The molecule has 0 amide bonds. The van der Waals surface area contributed by atoms with Crippen molar-refractivity contribution in [1.29, 1.82) is 0 Å². The summed E-state index contributed by atoms with van der Waals surface area (Å²) in [6.07, 6.45) is 1.21. The van der Waals surface area contributed by atoms with Gasteiger partial charge >= 0.3 is 12.4 Å². The molecular formula is C20H14F6. The summed E-state index contributed by atoms with van der Waals surface area (Å²) in [6.45, 7) is 0. The maximum atomic E-state index is 12.4. The molecule has 0 atom stereocenters. The largest absolute Gasteiger partial charge is 0.416 e. The maximum Gasteiger partial charge on any atom is 0.416 e. The zero-order valence-electron chi connectivity index (χ0n) is 13.4. The molecular weight excluding hydrogens is 354 g/mol. The minimum Gasteiger partial charge on any atom is -0.166 e. The molecule has 2 aromatic rings. The maximum absolute atomic E-state index is 12.4. The first-order chi connectivity index (χ1) is 12.2. The van der Waals surface area contributed by atoms with E-state index in [9.17, 15) is 26.3 Å². The molecule has 0 N–H and O–H groups in total. The van der Waals surface area contributed by atoms with Gasteiger partial charge in [0, 0.05) is 0 Å². The number of alkyl halides is 6. The molecule has 0 heterocycles. The Balaban J connectivity index is 1.90. The molecule has 26 heavy (non-hydrogen) atoms. The molecule has 0 radical (unpaired) electrons. The molecule has 0 nitrogen and oxygen atoms in total. The Morgan fingerprint density at radius 2 is 0.769 bits per heavy atom. The van der Waals surface area contributed by atoms with Crippen LogP contribution in [0, 0.1) is 0 Å². The minimum absolute atomic E-state index is 0.620. The summed E-state index contributed by atoms with van der Waals surface area (Å²) in [5.74, 6) is 0.